The van der Waals surface area contributed by atoms with E-state index >= 15 is 0 Å². The third-order valence-corrected chi connectivity index (χ3v) is 4.02. The monoisotopic (exact) mass is 309 g/mol. The van der Waals surface area contributed by atoms with Gasteiger partial charge < -0.3 is 5.73 Å². The molecule has 0 aliphatic heterocycles. The van der Waals surface area contributed by atoms with Crippen molar-refractivity contribution < 1.29 is 4.79 Å². The molecule has 0 heterocycles. The molecular weight excluding hydrogens is 282 g/mol. The van der Waals surface area contributed by atoms with Crippen LogP contribution in [0.4, 0.5) is 5.69 Å². The van der Waals surface area contributed by atoms with Crippen molar-refractivity contribution >= 4 is 11.5 Å². The molecule has 0 spiro atoms. The number of ketones is 1. The maximum Gasteiger partial charge on any atom is 0.193 e. The van der Waals surface area contributed by atoms with Crippen LogP contribution in [0.15, 0.2) is 42.5 Å². The van der Waals surface area contributed by atoms with Crippen LogP contribution in [0.3, 0.4) is 0 Å². The third-order valence-electron chi connectivity index (χ3n) is 4.02. The van der Waals surface area contributed by atoms with Gasteiger partial charge in [-0.3, -0.25) is 4.79 Å². The predicted octanol–water partition coefficient (Wildman–Crippen LogP) is 5.09. The quantitative estimate of drug-likeness (QED) is 0.620. The number of carbonyl (C=O) groups excluding carboxylic acids is 1. The van der Waals surface area contributed by atoms with Gasteiger partial charge in [-0.1, -0.05) is 71.9 Å². The van der Waals surface area contributed by atoms with Gasteiger partial charge >= 0.3 is 0 Å². The molecule has 0 saturated carbocycles. The van der Waals surface area contributed by atoms with Gasteiger partial charge in [-0.15, -0.1) is 0 Å². The van der Waals surface area contributed by atoms with Gasteiger partial charge in [0, 0.05) is 16.8 Å². The highest BCUT2D eigenvalue weighted by atomic mass is 16.1. The lowest BCUT2D eigenvalue weighted by atomic mass is 9.71. The number of nitrogens with two attached hydrogens (primary N) is 1. The molecule has 23 heavy (non-hydrogen) atoms. The van der Waals surface area contributed by atoms with Crippen LogP contribution in [-0.4, -0.2) is 5.78 Å². The summed E-state index contributed by atoms with van der Waals surface area (Å²) in [7, 11) is 0. The average Bonchev–Trinajstić information content (AvgIpc) is 2.45. The van der Waals surface area contributed by atoms with E-state index in [9.17, 15) is 4.79 Å². The summed E-state index contributed by atoms with van der Waals surface area (Å²) in [5.41, 5.74) is 10.4. The molecule has 2 aromatic carbocycles. The van der Waals surface area contributed by atoms with Crippen LogP contribution >= 0.6 is 0 Å². The fraction of sp³-hybridized carbons (Fsp3) is 0.381. The second-order valence-electron chi connectivity index (χ2n) is 8.15. The van der Waals surface area contributed by atoms with E-state index in [1.165, 1.54) is 0 Å². The van der Waals surface area contributed by atoms with Gasteiger partial charge in [-0.2, -0.15) is 0 Å². The lowest BCUT2D eigenvalue weighted by molar-refractivity contribution is 0.103. The van der Waals surface area contributed by atoms with Crippen molar-refractivity contribution in [3.8, 4) is 0 Å². The van der Waals surface area contributed by atoms with E-state index < -0.39 is 0 Å². The number of benzene rings is 2. The molecule has 2 nitrogen and oxygen atoms in total. The summed E-state index contributed by atoms with van der Waals surface area (Å²) in [6.45, 7) is 12.8. The molecule has 0 saturated heterocycles. The van der Waals surface area contributed by atoms with Crippen LogP contribution < -0.4 is 5.73 Å². The Kier molecular flexibility index (Phi) is 4.39. The summed E-state index contributed by atoms with van der Waals surface area (Å²) in [5, 5.41) is 0. The summed E-state index contributed by atoms with van der Waals surface area (Å²) < 4.78 is 0. The lowest BCUT2D eigenvalue weighted by Crippen LogP contribution is -2.27. The highest BCUT2D eigenvalue weighted by Gasteiger charge is 2.31. The van der Waals surface area contributed by atoms with Gasteiger partial charge in [0.05, 0.1) is 0 Å². The first-order valence-electron chi connectivity index (χ1n) is 8.06. The number of rotatable bonds is 2. The first-order chi connectivity index (χ1) is 10.5. The zero-order valence-electron chi connectivity index (χ0n) is 15.0. The zero-order valence-corrected chi connectivity index (χ0v) is 15.0. The van der Waals surface area contributed by atoms with Crippen LogP contribution in [0.2, 0.25) is 0 Å². The molecule has 0 aliphatic carbocycles. The van der Waals surface area contributed by atoms with Crippen LogP contribution in [0.5, 0.6) is 0 Å². The Labute approximate surface area is 139 Å². The molecule has 122 valence electrons. The van der Waals surface area contributed by atoms with Crippen molar-refractivity contribution in [2.75, 3.05) is 5.73 Å². The van der Waals surface area contributed by atoms with Crippen LogP contribution in [0.1, 0.15) is 68.6 Å². The van der Waals surface area contributed by atoms with Crippen LogP contribution in [0, 0.1) is 0 Å². The van der Waals surface area contributed by atoms with E-state index in [4.69, 9.17) is 5.73 Å². The van der Waals surface area contributed by atoms with Crippen LogP contribution in [-0.2, 0) is 10.8 Å². The van der Waals surface area contributed by atoms with E-state index in [-0.39, 0.29) is 16.6 Å². The Morgan fingerprint density at radius 3 is 1.78 bits per heavy atom. The fourth-order valence-corrected chi connectivity index (χ4v) is 3.14. The SMILES string of the molecule is CC(C)(C)c1c(N)ccc(C(=O)c2ccccc2)c1C(C)(C)C. The topological polar surface area (TPSA) is 43.1 Å². The Hall–Kier alpha value is -2.09. The molecule has 0 radical (unpaired) electrons. The second-order valence-corrected chi connectivity index (χ2v) is 8.15. The molecule has 0 atom stereocenters. The molecule has 0 aromatic heterocycles. The Balaban J connectivity index is 2.78. The molecule has 0 unspecified atom stereocenters. The smallest absolute Gasteiger partial charge is 0.193 e. The van der Waals surface area contributed by atoms with Gasteiger partial charge in [0.15, 0.2) is 5.78 Å². The molecule has 0 bridgehead atoms. The number of hydrogen-bond acceptors (Lipinski definition) is 2. The minimum atomic E-state index is -0.169. The van der Waals surface area contributed by atoms with Crippen molar-refractivity contribution in [2.45, 2.75) is 52.4 Å². The van der Waals surface area contributed by atoms with Gasteiger partial charge in [0.1, 0.15) is 0 Å². The molecular formula is C21H27NO. The summed E-state index contributed by atoms with van der Waals surface area (Å²) in [5.74, 6) is 0.0565. The third kappa shape index (κ3) is 3.47. The van der Waals surface area contributed by atoms with Crippen LogP contribution in [0.25, 0.3) is 0 Å². The van der Waals surface area contributed by atoms with Crippen molar-refractivity contribution in [3.05, 3.63) is 64.7 Å². The fourth-order valence-electron chi connectivity index (χ4n) is 3.14. The van der Waals surface area contributed by atoms with Gasteiger partial charge in [0.25, 0.3) is 0 Å². The minimum Gasteiger partial charge on any atom is -0.398 e. The summed E-state index contributed by atoms with van der Waals surface area (Å²) >= 11 is 0. The summed E-state index contributed by atoms with van der Waals surface area (Å²) in [6, 6.07) is 13.2. The highest BCUT2D eigenvalue weighted by Crippen LogP contribution is 2.40. The molecule has 0 amide bonds. The van der Waals surface area contributed by atoms with Crippen molar-refractivity contribution in [3.63, 3.8) is 0 Å². The lowest BCUT2D eigenvalue weighted by Gasteiger charge is -2.33. The second kappa shape index (κ2) is 5.84. The number of carbonyl (C=O) groups is 1. The van der Waals surface area contributed by atoms with Gasteiger partial charge in [0.2, 0.25) is 0 Å². The normalized spacial score (nSPS) is 12.3. The van der Waals surface area contributed by atoms with E-state index in [0.717, 1.165) is 22.4 Å². The molecule has 0 aliphatic rings. The van der Waals surface area contributed by atoms with Gasteiger partial charge in [-0.25, -0.2) is 0 Å². The van der Waals surface area contributed by atoms with Crippen molar-refractivity contribution in [1.82, 2.24) is 0 Å². The number of anilines is 1. The summed E-state index contributed by atoms with van der Waals surface area (Å²) in [6.07, 6.45) is 0. The molecule has 2 heteroatoms. The Bertz CT molecular complexity index is 716. The highest BCUT2D eigenvalue weighted by molar-refractivity contribution is 6.10. The maximum atomic E-state index is 13.1. The molecule has 2 aromatic rings. The van der Waals surface area contributed by atoms with E-state index in [2.05, 4.69) is 41.5 Å². The largest absolute Gasteiger partial charge is 0.398 e. The Morgan fingerprint density at radius 2 is 1.30 bits per heavy atom. The predicted molar refractivity (Wildman–Crippen MR) is 98.1 cm³/mol. The number of nitrogen functional groups attached to an aromatic ring is 1. The van der Waals surface area contributed by atoms with Crippen molar-refractivity contribution in [1.29, 1.82) is 0 Å². The van der Waals surface area contributed by atoms with Gasteiger partial charge in [-0.05, 0) is 34.1 Å². The first kappa shape index (κ1) is 17.3. The van der Waals surface area contributed by atoms with E-state index in [1.807, 2.05) is 42.5 Å². The average molecular weight is 309 g/mol. The molecule has 0 fully saturated rings. The Morgan fingerprint density at radius 1 is 0.783 bits per heavy atom. The minimum absolute atomic E-state index is 0.0565. The summed E-state index contributed by atoms with van der Waals surface area (Å²) in [4.78, 5) is 13.1. The zero-order chi connectivity index (χ0) is 17.4. The number of hydrogen-bond donors (Lipinski definition) is 1. The first-order valence-corrected chi connectivity index (χ1v) is 8.06. The van der Waals surface area contributed by atoms with E-state index in [0.29, 0.717) is 5.56 Å². The molecule has 2 rings (SSSR count). The van der Waals surface area contributed by atoms with Crippen molar-refractivity contribution in [2.24, 2.45) is 0 Å². The maximum absolute atomic E-state index is 13.1. The van der Waals surface area contributed by atoms with E-state index in [1.54, 1.807) is 0 Å². The molecule has 2 N–H and O–H groups in total. The standard InChI is InChI=1S/C21H27NO/c1-20(2,3)17-15(19(23)14-10-8-7-9-11-14)12-13-16(22)18(17)21(4,5)6/h7-13H,22H2,1-6H3.